The summed E-state index contributed by atoms with van der Waals surface area (Å²) in [5.41, 5.74) is 1.02. The van der Waals surface area contributed by atoms with Gasteiger partial charge >= 0.3 is 0 Å². The van der Waals surface area contributed by atoms with Crippen LogP contribution in [-0.2, 0) is 0 Å². The molecule has 1 aromatic rings. The molecule has 2 rings (SSSR count). The van der Waals surface area contributed by atoms with E-state index in [2.05, 4.69) is 11.9 Å². The summed E-state index contributed by atoms with van der Waals surface area (Å²) in [4.78, 5) is 2.96. The number of aromatic amines is 1. The predicted molar refractivity (Wildman–Crippen MR) is 47.6 cm³/mol. The molecule has 2 unspecified atom stereocenters. The number of rotatable bonds is 3. The SMILES string of the molecule is CC(C1CC1)C(O)c1cc[nH]c1. The van der Waals surface area contributed by atoms with Crippen LogP contribution in [0, 0.1) is 11.8 Å². The summed E-state index contributed by atoms with van der Waals surface area (Å²) in [7, 11) is 0. The Hall–Kier alpha value is -0.760. The average Bonchev–Trinajstić information content (AvgIpc) is 2.79. The fourth-order valence-corrected chi connectivity index (χ4v) is 1.70. The monoisotopic (exact) mass is 165 g/mol. The number of aliphatic hydroxyl groups is 1. The van der Waals surface area contributed by atoms with E-state index in [-0.39, 0.29) is 6.10 Å². The molecule has 2 heteroatoms. The third-order valence-corrected chi connectivity index (χ3v) is 2.83. The number of hydrogen-bond donors (Lipinski definition) is 2. The average molecular weight is 165 g/mol. The van der Waals surface area contributed by atoms with E-state index in [1.807, 2.05) is 18.5 Å². The minimum absolute atomic E-state index is 0.274. The molecule has 12 heavy (non-hydrogen) atoms. The van der Waals surface area contributed by atoms with Crippen molar-refractivity contribution in [3.8, 4) is 0 Å². The second-order valence-electron chi connectivity index (χ2n) is 3.79. The van der Waals surface area contributed by atoms with Gasteiger partial charge in [0.2, 0.25) is 0 Å². The number of H-pyrrole nitrogens is 1. The summed E-state index contributed by atoms with van der Waals surface area (Å²) in [6.07, 6.45) is 6.05. The molecular formula is C10H15NO. The van der Waals surface area contributed by atoms with Gasteiger partial charge in [-0.1, -0.05) is 6.92 Å². The lowest BCUT2D eigenvalue weighted by Crippen LogP contribution is -2.10. The van der Waals surface area contributed by atoms with E-state index in [1.165, 1.54) is 12.8 Å². The summed E-state index contributed by atoms with van der Waals surface area (Å²) in [5.74, 6) is 1.18. The first-order chi connectivity index (χ1) is 5.79. The highest BCUT2D eigenvalue weighted by atomic mass is 16.3. The van der Waals surface area contributed by atoms with Crippen molar-refractivity contribution in [3.05, 3.63) is 24.0 Å². The van der Waals surface area contributed by atoms with Crippen molar-refractivity contribution >= 4 is 0 Å². The Morgan fingerprint density at radius 1 is 1.58 bits per heavy atom. The molecule has 0 aliphatic heterocycles. The molecule has 66 valence electrons. The molecule has 0 spiro atoms. The summed E-state index contributed by atoms with van der Waals surface area (Å²) in [5, 5.41) is 9.87. The van der Waals surface area contributed by atoms with Gasteiger partial charge < -0.3 is 10.1 Å². The van der Waals surface area contributed by atoms with E-state index in [0.717, 1.165) is 11.5 Å². The largest absolute Gasteiger partial charge is 0.388 e. The maximum atomic E-state index is 9.87. The third kappa shape index (κ3) is 1.39. The fourth-order valence-electron chi connectivity index (χ4n) is 1.70. The first kappa shape index (κ1) is 7.87. The molecule has 1 aliphatic carbocycles. The van der Waals surface area contributed by atoms with Crippen LogP contribution >= 0.6 is 0 Å². The molecule has 0 aromatic carbocycles. The van der Waals surface area contributed by atoms with Crippen molar-refractivity contribution in [3.63, 3.8) is 0 Å². The van der Waals surface area contributed by atoms with Crippen molar-refractivity contribution in [2.45, 2.75) is 25.9 Å². The van der Waals surface area contributed by atoms with Crippen LogP contribution in [0.4, 0.5) is 0 Å². The standard InChI is InChI=1S/C10H15NO/c1-7(8-2-3-8)10(12)9-4-5-11-6-9/h4-8,10-12H,2-3H2,1H3. The lowest BCUT2D eigenvalue weighted by Gasteiger charge is -2.16. The van der Waals surface area contributed by atoms with E-state index in [4.69, 9.17) is 0 Å². The summed E-state index contributed by atoms with van der Waals surface area (Å²) >= 11 is 0. The van der Waals surface area contributed by atoms with Crippen LogP contribution in [0.25, 0.3) is 0 Å². The van der Waals surface area contributed by atoms with Crippen LogP contribution in [0.15, 0.2) is 18.5 Å². The smallest absolute Gasteiger partial charge is 0.0832 e. The minimum atomic E-state index is -0.274. The van der Waals surface area contributed by atoms with Crippen molar-refractivity contribution in [1.29, 1.82) is 0 Å². The minimum Gasteiger partial charge on any atom is -0.388 e. The van der Waals surface area contributed by atoms with Crippen LogP contribution in [-0.4, -0.2) is 10.1 Å². The van der Waals surface area contributed by atoms with Gasteiger partial charge in [0.25, 0.3) is 0 Å². The molecule has 0 bridgehead atoms. The maximum Gasteiger partial charge on any atom is 0.0832 e. The van der Waals surface area contributed by atoms with Gasteiger partial charge in [-0.25, -0.2) is 0 Å². The highest BCUT2D eigenvalue weighted by Gasteiger charge is 2.33. The van der Waals surface area contributed by atoms with Crippen LogP contribution in [0.2, 0.25) is 0 Å². The maximum absolute atomic E-state index is 9.87. The van der Waals surface area contributed by atoms with Gasteiger partial charge in [0.15, 0.2) is 0 Å². The van der Waals surface area contributed by atoms with Crippen molar-refractivity contribution < 1.29 is 5.11 Å². The molecule has 1 aliphatic rings. The van der Waals surface area contributed by atoms with Gasteiger partial charge in [0.1, 0.15) is 0 Å². The molecule has 1 fully saturated rings. The zero-order chi connectivity index (χ0) is 8.55. The fraction of sp³-hybridized carbons (Fsp3) is 0.600. The first-order valence-electron chi connectivity index (χ1n) is 4.60. The van der Waals surface area contributed by atoms with E-state index >= 15 is 0 Å². The van der Waals surface area contributed by atoms with E-state index in [9.17, 15) is 5.11 Å². The Bertz CT molecular complexity index is 238. The Balaban J connectivity index is 2.03. The van der Waals surface area contributed by atoms with Crippen LogP contribution < -0.4 is 0 Å². The highest BCUT2D eigenvalue weighted by molar-refractivity contribution is 5.13. The van der Waals surface area contributed by atoms with E-state index in [1.54, 1.807) is 0 Å². The van der Waals surface area contributed by atoms with Gasteiger partial charge in [0, 0.05) is 12.4 Å². The quantitative estimate of drug-likeness (QED) is 0.707. The molecule has 0 radical (unpaired) electrons. The normalized spacial score (nSPS) is 22.2. The summed E-state index contributed by atoms with van der Waals surface area (Å²) in [6.45, 7) is 2.13. The predicted octanol–water partition coefficient (Wildman–Crippen LogP) is 2.09. The Labute approximate surface area is 72.6 Å². The van der Waals surface area contributed by atoms with Gasteiger partial charge in [-0.15, -0.1) is 0 Å². The van der Waals surface area contributed by atoms with E-state index < -0.39 is 0 Å². The zero-order valence-corrected chi connectivity index (χ0v) is 7.33. The Kier molecular flexibility index (Phi) is 1.93. The molecule has 2 nitrogen and oxygen atoms in total. The molecule has 1 aromatic heterocycles. The molecule has 2 atom stereocenters. The van der Waals surface area contributed by atoms with Gasteiger partial charge in [-0.3, -0.25) is 0 Å². The molecule has 2 N–H and O–H groups in total. The molecule has 1 heterocycles. The Morgan fingerprint density at radius 2 is 2.33 bits per heavy atom. The van der Waals surface area contributed by atoms with Gasteiger partial charge in [-0.2, -0.15) is 0 Å². The number of aliphatic hydroxyl groups excluding tert-OH is 1. The highest BCUT2D eigenvalue weighted by Crippen LogP contribution is 2.42. The summed E-state index contributed by atoms with van der Waals surface area (Å²) in [6, 6.07) is 1.95. The van der Waals surface area contributed by atoms with Crippen molar-refractivity contribution in [2.75, 3.05) is 0 Å². The zero-order valence-electron chi connectivity index (χ0n) is 7.33. The molecule has 0 saturated heterocycles. The van der Waals surface area contributed by atoms with Crippen molar-refractivity contribution in [2.24, 2.45) is 11.8 Å². The topological polar surface area (TPSA) is 36.0 Å². The van der Waals surface area contributed by atoms with Gasteiger partial charge in [-0.05, 0) is 36.3 Å². The molecule has 1 saturated carbocycles. The molecular weight excluding hydrogens is 150 g/mol. The second-order valence-corrected chi connectivity index (χ2v) is 3.79. The number of hydrogen-bond acceptors (Lipinski definition) is 1. The lowest BCUT2D eigenvalue weighted by molar-refractivity contribution is 0.106. The van der Waals surface area contributed by atoms with Gasteiger partial charge in [0.05, 0.1) is 6.10 Å². The third-order valence-electron chi connectivity index (χ3n) is 2.83. The van der Waals surface area contributed by atoms with Crippen molar-refractivity contribution in [1.82, 2.24) is 4.98 Å². The van der Waals surface area contributed by atoms with E-state index in [0.29, 0.717) is 5.92 Å². The molecule has 0 amide bonds. The second kappa shape index (κ2) is 2.94. The summed E-state index contributed by atoms with van der Waals surface area (Å²) < 4.78 is 0. The lowest BCUT2D eigenvalue weighted by atomic mass is 9.95. The van der Waals surface area contributed by atoms with Crippen LogP contribution in [0.3, 0.4) is 0 Å². The van der Waals surface area contributed by atoms with Crippen LogP contribution in [0.5, 0.6) is 0 Å². The number of nitrogens with one attached hydrogen (secondary N) is 1. The van der Waals surface area contributed by atoms with Crippen LogP contribution in [0.1, 0.15) is 31.4 Å². The Morgan fingerprint density at radius 3 is 2.83 bits per heavy atom. The number of aromatic nitrogens is 1. The first-order valence-corrected chi connectivity index (χ1v) is 4.60.